The summed E-state index contributed by atoms with van der Waals surface area (Å²) in [4.78, 5) is 5.51. The molecule has 3 atom stereocenters. The number of nitrogens with zero attached hydrogens (tertiary/aromatic N) is 2. The minimum atomic E-state index is 0.341. The summed E-state index contributed by atoms with van der Waals surface area (Å²) in [5, 5.41) is 0. The zero-order valence-electron chi connectivity index (χ0n) is 16.9. The fourth-order valence-electron chi connectivity index (χ4n) is 6.12. The SMILES string of the molecule is COc1ccc(CN2C[C@@H](c3ccc4c(c3)OCO4)[C@@H]3[C@H]2C2CCN3CC2)cc1. The maximum absolute atomic E-state index is 5.68. The maximum atomic E-state index is 5.68. The number of rotatable bonds is 4. The zero-order valence-corrected chi connectivity index (χ0v) is 16.9. The largest absolute Gasteiger partial charge is 0.497 e. The molecule has 5 nitrogen and oxygen atoms in total. The van der Waals surface area contributed by atoms with Gasteiger partial charge in [0.2, 0.25) is 6.79 Å². The van der Waals surface area contributed by atoms with Crippen LogP contribution in [0.1, 0.15) is 29.9 Å². The minimum Gasteiger partial charge on any atom is -0.497 e. The van der Waals surface area contributed by atoms with Gasteiger partial charge in [0.25, 0.3) is 0 Å². The molecule has 0 spiro atoms. The molecule has 0 radical (unpaired) electrons. The average molecular weight is 392 g/mol. The van der Waals surface area contributed by atoms with Crippen molar-refractivity contribution in [3.8, 4) is 17.2 Å². The lowest BCUT2D eigenvalue weighted by Crippen LogP contribution is -2.59. The second-order valence-electron chi connectivity index (χ2n) is 8.85. The molecule has 0 saturated carbocycles. The van der Waals surface area contributed by atoms with Crippen LogP contribution < -0.4 is 14.2 Å². The van der Waals surface area contributed by atoms with Crippen LogP contribution in [-0.4, -0.2) is 55.4 Å². The van der Waals surface area contributed by atoms with Crippen LogP contribution in [-0.2, 0) is 6.54 Å². The Labute approximate surface area is 172 Å². The van der Waals surface area contributed by atoms with Gasteiger partial charge in [0, 0.05) is 31.1 Å². The Balaban J connectivity index is 1.31. The first-order valence-electron chi connectivity index (χ1n) is 10.8. The van der Waals surface area contributed by atoms with Gasteiger partial charge in [-0.3, -0.25) is 9.80 Å². The van der Waals surface area contributed by atoms with Crippen molar-refractivity contribution < 1.29 is 14.2 Å². The van der Waals surface area contributed by atoms with Crippen LogP contribution in [0, 0.1) is 5.92 Å². The van der Waals surface area contributed by atoms with Crippen molar-refractivity contribution in [1.29, 1.82) is 0 Å². The Hall–Kier alpha value is -2.24. The smallest absolute Gasteiger partial charge is 0.231 e. The summed E-state index contributed by atoms with van der Waals surface area (Å²) in [6.45, 7) is 4.96. The first-order valence-corrected chi connectivity index (χ1v) is 10.8. The van der Waals surface area contributed by atoms with E-state index in [-0.39, 0.29) is 0 Å². The number of fused-ring (bicyclic) bond motifs is 3. The van der Waals surface area contributed by atoms with E-state index in [1.807, 2.05) is 0 Å². The number of piperidine rings is 3. The summed E-state index contributed by atoms with van der Waals surface area (Å²) in [7, 11) is 1.73. The molecule has 2 bridgehead atoms. The lowest BCUT2D eigenvalue weighted by atomic mass is 9.75. The number of methoxy groups -OCH3 is 1. The molecule has 4 fully saturated rings. The highest BCUT2D eigenvalue weighted by molar-refractivity contribution is 5.46. The molecule has 29 heavy (non-hydrogen) atoms. The van der Waals surface area contributed by atoms with E-state index in [0.29, 0.717) is 24.8 Å². The lowest BCUT2D eigenvalue weighted by Gasteiger charge is -2.51. The molecular weight excluding hydrogens is 364 g/mol. The summed E-state index contributed by atoms with van der Waals surface area (Å²) in [6.07, 6.45) is 2.68. The van der Waals surface area contributed by atoms with Gasteiger partial charge in [-0.15, -0.1) is 0 Å². The van der Waals surface area contributed by atoms with E-state index >= 15 is 0 Å². The highest BCUT2D eigenvalue weighted by atomic mass is 16.7. The Morgan fingerprint density at radius 2 is 1.76 bits per heavy atom. The van der Waals surface area contributed by atoms with Gasteiger partial charge >= 0.3 is 0 Å². The van der Waals surface area contributed by atoms with Gasteiger partial charge in [0.15, 0.2) is 11.5 Å². The van der Waals surface area contributed by atoms with Gasteiger partial charge in [-0.1, -0.05) is 18.2 Å². The second-order valence-corrected chi connectivity index (χ2v) is 8.85. The van der Waals surface area contributed by atoms with E-state index in [0.717, 1.165) is 36.3 Å². The number of likely N-dealkylation sites (tertiary alicyclic amines) is 1. The van der Waals surface area contributed by atoms with Gasteiger partial charge < -0.3 is 14.2 Å². The summed E-state index contributed by atoms with van der Waals surface area (Å²) in [5.41, 5.74) is 2.77. The van der Waals surface area contributed by atoms with E-state index in [9.17, 15) is 0 Å². The lowest BCUT2D eigenvalue weighted by molar-refractivity contribution is -0.00869. The molecule has 0 unspecified atom stereocenters. The van der Waals surface area contributed by atoms with E-state index in [4.69, 9.17) is 14.2 Å². The second kappa shape index (κ2) is 6.92. The van der Waals surface area contributed by atoms with Crippen LogP contribution >= 0.6 is 0 Å². The number of ether oxygens (including phenoxy) is 3. The number of benzene rings is 2. The van der Waals surface area contributed by atoms with Gasteiger partial charge in [0.1, 0.15) is 5.75 Å². The molecule has 0 aromatic heterocycles. The van der Waals surface area contributed by atoms with Crippen LogP contribution in [0.15, 0.2) is 42.5 Å². The fraction of sp³-hybridized carbons (Fsp3) is 0.500. The van der Waals surface area contributed by atoms with Crippen molar-refractivity contribution in [3.05, 3.63) is 53.6 Å². The topological polar surface area (TPSA) is 34.2 Å². The molecule has 0 amide bonds. The normalized spacial score (nSPS) is 32.4. The summed E-state index contributed by atoms with van der Waals surface area (Å²) >= 11 is 0. The highest BCUT2D eigenvalue weighted by Crippen LogP contribution is 2.48. The molecule has 5 heterocycles. The molecule has 0 aliphatic carbocycles. The van der Waals surface area contributed by atoms with Crippen LogP contribution in [0.25, 0.3) is 0 Å². The summed E-state index contributed by atoms with van der Waals surface area (Å²) in [6, 6.07) is 16.4. The fourth-order valence-corrected chi connectivity index (χ4v) is 6.12. The van der Waals surface area contributed by atoms with Crippen molar-refractivity contribution in [2.24, 2.45) is 5.92 Å². The molecule has 5 aliphatic rings. The Bertz CT molecular complexity index is 891. The number of hydrogen-bond acceptors (Lipinski definition) is 5. The molecule has 2 aromatic rings. The average Bonchev–Trinajstić information content (AvgIpc) is 3.40. The molecule has 4 saturated heterocycles. The Morgan fingerprint density at radius 1 is 0.966 bits per heavy atom. The molecule has 0 N–H and O–H groups in total. The molecular formula is C24H28N2O3. The predicted octanol–water partition coefficient (Wildman–Crippen LogP) is 3.49. The third-order valence-corrected chi connectivity index (χ3v) is 7.46. The Morgan fingerprint density at radius 3 is 2.55 bits per heavy atom. The highest BCUT2D eigenvalue weighted by Gasteiger charge is 2.53. The summed E-state index contributed by atoms with van der Waals surface area (Å²) < 4.78 is 16.6. The van der Waals surface area contributed by atoms with Crippen molar-refractivity contribution in [3.63, 3.8) is 0 Å². The van der Waals surface area contributed by atoms with Gasteiger partial charge in [0.05, 0.1) is 7.11 Å². The van der Waals surface area contributed by atoms with Crippen LogP contribution in [0.2, 0.25) is 0 Å². The first kappa shape index (κ1) is 17.6. The third-order valence-electron chi connectivity index (χ3n) is 7.46. The van der Waals surface area contributed by atoms with Crippen molar-refractivity contribution >= 4 is 0 Å². The predicted molar refractivity (Wildman–Crippen MR) is 111 cm³/mol. The molecule has 2 aromatic carbocycles. The molecule has 5 heteroatoms. The third kappa shape index (κ3) is 2.90. The summed E-state index contributed by atoms with van der Waals surface area (Å²) in [5.74, 6) is 4.06. The van der Waals surface area contributed by atoms with E-state index in [1.165, 1.54) is 37.1 Å². The zero-order chi connectivity index (χ0) is 19.4. The first-order chi connectivity index (χ1) is 14.3. The van der Waals surface area contributed by atoms with E-state index in [1.54, 1.807) is 7.11 Å². The number of hydrogen-bond donors (Lipinski definition) is 0. The Kier molecular flexibility index (Phi) is 4.20. The molecule has 152 valence electrons. The molecule has 7 rings (SSSR count). The van der Waals surface area contributed by atoms with Crippen molar-refractivity contribution in [2.75, 3.05) is 33.5 Å². The minimum absolute atomic E-state index is 0.341. The van der Waals surface area contributed by atoms with Crippen LogP contribution in [0.3, 0.4) is 0 Å². The maximum Gasteiger partial charge on any atom is 0.231 e. The van der Waals surface area contributed by atoms with Gasteiger partial charge in [-0.25, -0.2) is 0 Å². The van der Waals surface area contributed by atoms with Crippen molar-refractivity contribution in [2.45, 2.75) is 37.4 Å². The monoisotopic (exact) mass is 392 g/mol. The van der Waals surface area contributed by atoms with Crippen molar-refractivity contribution in [1.82, 2.24) is 9.80 Å². The molecule has 5 aliphatic heterocycles. The van der Waals surface area contributed by atoms with Crippen LogP contribution in [0.4, 0.5) is 0 Å². The quantitative estimate of drug-likeness (QED) is 0.796. The van der Waals surface area contributed by atoms with Gasteiger partial charge in [-0.05, 0) is 67.2 Å². The standard InChI is InChI=1S/C24H28N2O3/c1-27-19-5-2-16(3-6-19)13-26-14-20(18-4-7-21-22(12-18)29-15-28-21)24-23(26)17-8-10-25(24)11-9-17/h2-7,12,17,20,23-24H,8-11,13-15H2,1H3/t20-,23+,24+/m0/s1. The van der Waals surface area contributed by atoms with E-state index < -0.39 is 0 Å². The van der Waals surface area contributed by atoms with E-state index in [2.05, 4.69) is 52.3 Å². The van der Waals surface area contributed by atoms with Gasteiger partial charge in [-0.2, -0.15) is 0 Å². The van der Waals surface area contributed by atoms with Crippen LogP contribution in [0.5, 0.6) is 17.2 Å².